The molecule has 2 fully saturated rings. The fourth-order valence-electron chi connectivity index (χ4n) is 2.83. The molecule has 19 heavy (non-hydrogen) atoms. The third-order valence-electron chi connectivity index (χ3n) is 4.35. The first-order chi connectivity index (χ1) is 9.15. The second kappa shape index (κ2) is 7.22. The van der Waals surface area contributed by atoms with Gasteiger partial charge in [-0.2, -0.15) is 0 Å². The van der Waals surface area contributed by atoms with Crippen molar-refractivity contribution in [1.29, 1.82) is 0 Å². The summed E-state index contributed by atoms with van der Waals surface area (Å²) in [7, 11) is 2.17. The third kappa shape index (κ3) is 4.75. The number of rotatable bonds is 4. The molecule has 0 aromatic heterocycles. The molecule has 2 N–H and O–H groups in total. The van der Waals surface area contributed by atoms with Crippen molar-refractivity contribution in [3.63, 3.8) is 0 Å². The standard InChI is InChI=1S/C14H28N4O/c1-16-9-11-17(12-10-16)6-2-3-14(19)18-7-4-13(15)5-8-18/h13H,2-12,15H2,1H3. The molecule has 0 radical (unpaired) electrons. The molecule has 1 amide bonds. The van der Waals surface area contributed by atoms with Crippen LogP contribution in [0.3, 0.4) is 0 Å². The molecule has 5 nitrogen and oxygen atoms in total. The van der Waals surface area contributed by atoms with Gasteiger partial charge in [0.1, 0.15) is 0 Å². The van der Waals surface area contributed by atoms with Crippen molar-refractivity contribution < 1.29 is 4.79 Å². The molecule has 2 saturated heterocycles. The quantitative estimate of drug-likeness (QED) is 0.777. The lowest BCUT2D eigenvalue weighted by atomic mass is 10.1. The van der Waals surface area contributed by atoms with Gasteiger partial charge < -0.3 is 20.4 Å². The highest BCUT2D eigenvalue weighted by atomic mass is 16.2. The molecule has 2 aliphatic rings. The number of likely N-dealkylation sites (tertiary alicyclic amines) is 1. The van der Waals surface area contributed by atoms with Crippen molar-refractivity contribution in [3.8, 4) is 0 Å². The summed E-state index contributed by atoms with van der Waals surface area (Å²) < 4.78 is 0. The molecule has 0 saturated carbocycles. The zero-order valence-electron chi connectivity index (χ0n) is 12.2. The van der Waals surface area contributed by atoms with E-state index in [1.54, 1.807) is 0 Å². The number of nitrogens with zero attached hydrogens (tertiary/aromatic N) is 3. The molecule has 5 heteroatoms. The first kappa shape index (κ1) is 14.8. The lowest BCUT2D eigenvalue weighted by Crippen LogP contribution is -2.45. The number of likely N-dealkylation sites (N-methyl/N-ethyl adjacent to an activating group) is 1. The fourth-order valence-corrected chi connectivity index (χ4v) is 2.83. The zero-order chi connectivity index (χ0) is 13.7. The summed E-state index contributed by atoms with van der Waals surface area (Å²) >= 11 is 0. The van der Waals surface area contributed by atoms with Crippen LogP contribution in [-0.2, 0) is 4.79 Å². The van der Waals surface area contributed by atoms with Crippen LogP contribution in [0.1, 0.15) is 25.7 Å². The molecule has 110 valence electrons. The van der Waals surface area contributed by atoms with E-state index < -0.39 is 0 Å². The van der Waals surface area contributed by atoms with E-state index >= 15 is 0 Å². The minimum atomic E-state index is 0.300. The predicted octanol–water partition coefficient (Wildman–Crippen LogP) is -0.0363. The van der Waals surface area contributed by atoms with E-state index in [0.717, 1.165) is 65.1 Å². The van der Waals surface area contributed by atoms with Gasteiger partial charge in [-0.05, 0) is 32.9 Å². The van der Waals surface area contributed by atoms with Crippen LogP contribution in [0.5, 0.6) is 0 Å². The van der Waals surface area contributed by atoms with Crippen LogP contribution in [0.25, 0.3) is 0 Å². The van der Waals surface area contributed by atoms with E-state index in [1.807, 2.05) is 4.90 Å². The van der Waals surface area contributed by atoms with Crippen molar-refractivity contribution >= 4 is 5.91 Å². The van der Waals surface area contributed by atoms with Gasteiger partial charge in [0.15, 0.2) is 0 Å². The van der Waals surface area contributed by atoms with Gasteiger partial charge in [0.2, 0.25) is 5.91 Å². The normalized spacial score (nSPS) is 23.8. The Hall–Kier alpha value is -0.650. The van der Waals surface area contributed by atoms with Crippen molar-refractivity contribution in [2.45, 2.75) is 31.7 Å². The van der Waals surface area contributed by atoms with Crippen LogP contribution in [0, 0.1) is 0 Å². The maximum Gasteiger partial charge on any atom is 0.222 e. The maximum atomic E-state index is 12.1. The minimum absolute atomic E-state index is 0.300. The smallest absolute Gasteiger partial charge is 0.222 e. The average molecular weight is 268 g/mol. The molecule has 0 atom stereocenters. The highest BCUT2D eigenvalue weighted by Gasteiger charge is 2.20. The molecule has 2 aliphatic heterocycles. The summed E-state index contributed by atoms with van der Waals surface area (Å²) in [5, 5.41) is 0. The number of hydrogen-bond acceptors (Lipinski definition) is 4. The van der Waals surface area contributed by atoms with Gasteiger partial charge in [0.25, 0.3) is 0 Å². The van der Waals surface area contributed by atoms with E-state index in [-0.39, 0.29) is 0 Å². The Labute approximate surface area is 116 Å². The van der Waals surface area contributed by atoms with Crippen molar-refractivity contribution in [2.24, 2.45) is 5.73 Å². The van der Waals surface area contributed by atoms with Crippen molar-refractivity contribution in [3.05, 3.63) is 0 Å². The van der Waals surface area contributed by atoms with Crippen LogP contribution >= 0.6 is 0 Å². The Balaban J connectivity index is 1.59. The Morgan fingerprint density at radius 1 is 1.11 bits per heavy atom. The first-order valence-corrected chi connectivity index (χ1v) is 7.59. The van der Waals surface area contributed by atoms with Gasteiger partial charge in [-0.3, -0.25) is 4.79 Å². The molecule has 2 rings (SSSR count). The highest BCUT2D eigenvalue weighted by molar-refractivity contribution is 5.76. The minimum Gasteiger partial charge on any atom is -0.343 e. The first-order valence-electron chi connectivity index (χ1n) is 7.59. The van der Waals surface area contributed by atoms with E-state index in [4.69, 9.17) is 5.73 Å². The average Bonchev–Trinajstić information content (AvgIpc) is 2.41. The molecule has 2 heterocycles. The van der Waals surface area contributed by atoms with Crippen LogP contribution in [0.2, 0.25) is 0 Å². The number of nitrogens with two attached hydrogens (primary N) is 1. The maximum absolute atomic E-state index is 12.1. The summed E-state index contributed by atoms with van der Waals surface area (Å²) in [6, 6.07) is 0.300. The van der Waals surface area contributed by atoms with Gasteiger partial charge in [-0.15, -0.1) is 0 Å². The van der Waals surface area contributed by atoms with Crippen molar-refractivity contribution in [2.75, 3.05) is 52.9 Å². The molecular weight excluding hydrogens is 240 g/mol. The lowest BCUT2D eigenvalue weighted by Gasteiger charge is -2.33. The van der Waals surface area contributed by atoms with Gasteiger partial charge in [0, 0.05) is 51.7 Å². The van der Waals surface area contributed by atoms with E-state index in [2.05, 4.69) is 16.8 Å². The largest absolute Gasteiger partial charge is 0.343 e. The van der Waals surface area contributed by atoms with Crippen LogP contribution < -0.4 is 5.73 Å². The number of carbonyl (C=O) groups excluding carboxylic acids is 1. The second-order valence-corrected chi connectivity index (χ2v) is 5.97. The summed E-state index contributed by atoms with van der Waals surface area (Å²) in [6.07, 6.45) is 3.61. The Kier molecular flexibility index (Phi) is 5.60. The van der Waals surface area contributed by atoms with Crippen LogP contribution in [0.4, 0.5) is 0 Å². The van der Waals surface area contributed by atoms with Crippen LogP contribution in [-0.4, -0.2) is 79.5 Å². The molecule has 0 spiro atoms. The summed E-state index contributed by atoms with van der Waals surface area (Å²) in [5.41, 5.74) is 5.86. The molecular formula is C14H28N4O. The zero-order valence-corrected chi connectivity index (χ0v) is 12.2. The van der Waals surface area contributed by atoms with Gasteiger partial charge in [-0.1, -0.05) is 0 Å². The number of hydrogen-bond donors (Lipinski definition) is 1. The third-order valence-corrected chi connectivity index (χ3v) is 4.35. The van der Waals surface area contributed by atoms with E-state index in [1.165, 1.54) is 0 Å². The topological polar surface area (TPSA) is 52.8 Å². The molecule has 0 unspecified atom stereocenters. The SMILES string of the molecule is CN1CCN(CCCC(=O)N2CCC(N)CC2)CC1. The number of piperidine rings is 1. The van der Waals surface area contributed by atoms with Gasteiger partial charge >= 0.3 is 0 Å². The van der Waals surface area contributed by atoms with E-state index in [9.17, 15) is 4.79 Å². The molecule has 0 aromatic rings. The van der Waals surface area contributed by atoms with Gasteiger partial charge in [0.05, 0.1) is 0 Å². The number of amides is 1. The Morgan fingerprint density at radius 2 is 1.74 bits per heavy atom. The number of carbonyl (C=O) groups is 1. The Morgan fingerprint density at radius 3 is 2.37 bits per heavy atom. The Bertz CT molecular complexity index is 281. The van der Waals surface area contributed by atoms with Crippen LogP contribution in [0.15, 0.2) is 0 Å². The van der Waals surface area contributed by atoms with E-state index in [0.29, 0.717) is 18.4 Å². The molecule has 0 aliphatic carbocycles. The highest BCUT2D eigenvalue weighted by Crippen LogP contribution is 2.11. The molecule has 0 aromatic carbocycles. The fraction of sp³-hybridized carbons (Fsp3) is 0.929. The summed E-state index contributed by atoms with van der Waals surface area (Å²) in [4.78, 5) is 18.9. The number of piperazine rings is 1. The monoisotopic (exact) mass is 268 g/mol. The summed E-state index contributed by atoms with van der Waals surface area (Å²) in [6.45, 7) is 7.36. The molecule has 0 bridgehead atoms. The lowest BCUT2D eigenvalue weighted by molar-refractivity contribution is -0.132. The second-order valence-electron chi connectivity index (χ2n) is 5.97. The van der Waals surface area contributed by atoms with Gasteiger partial charge in [-0.25, -0.2) is 0 Å². The predicted molar refractivity (Wildman–Crippen MR) is 77.0 cm³/mol. The van der Waals surface area contributed by atoms with Crippen molar-refractivity contribution in [1.82, 2.24) is 14.7 Å². The summed E-state index contributed by atoms with van der Waals surface area (Å²) in [5.74, 6) is 0.320.